The van der Waals surface area contributed by atoms with Crippen LogP contribution in [-0.2, 0) is 5.41 Å². The van der Waals surface area contributed by atoms with E-state index in [-0.39, 0.29) is 5.41 Å². The zero-order valence-corrected chi connectivity index (χ0v) is 15.3. The summed E-state index contributed by atoms with van der Waals surface area (Å²) in [6.07, 6.45) is 0. The van der Waals surface area contributed by atoms with Crippen molar-refractivity contribution >= 4 is 55.0 Å². The largest absolute Gasteiger partial charge is 0.339 e. The summed E-state index contributed by atoms with van der Waals surface area (Å²) < 4.78 is 1.69. The molecule has 0 aliphatic heterocycles. The van der Waals surface area contributed by atoms with Crippen molar-refractivity contribution in [3.05, 3.63) is 44.2 Å². The van der Waals surface area contributed by atoms with E-state index in [1.165, 1.54) is 0 Å². The van der Waals surface area contributed by atoms with Gasteiger partial charge in [0.05, 0.1) is 10.7 Å². The number of nitrogens with zero attached hydrogens (tertiary/aromatic N) is 2. The highest BCUT2D eigenvalue weighted by molar-refractivity contribution is 9.10. The summed E-state index contributed by atoms with van der Waals surface area (Å²) in [6, 6.07) is 7.46. The van der Waals surface area contributed by atoms with E-state index in [0.717, 1.165) is 20.6 Å². The molecule has 20 heavy (non-hydrogen) atoms. The minimum Gasteiger partial charge on any atom is -0.339 e. The number of benzene rings is 1. The first-order valence-electron chi connectivity index (χ1n) is 6.03. The second kappa shape index (κ2) is 6.00. The fourth-order valence-corrected chi connectivity index (χ4v) is 2.46. The SMILES string of the molecule is CC(C)(C)c1nc(Br)cc(Nc2cc(Br)ccc2Cl)n1. The normalized spacial score (nSPS) is 11.5. The molecule has 2 rings (SSSR count). The van der Waals surface area contributed by atoms with Gasteiger partial charge in [-0.15, -0.1) is 0 Å². The van der Waals surface area contributed by atoms with Gasteiger partial charge in [-0.2, -0.15) is 0 Å². The Morgan fingerprint density at radius 2 is 1.80 bits per heavy atom. The summed E-state index contributed by atoms with van der Waals surface area (Å²) in [5, 5.41) is 3.86. The minimum atomic E-state index is -0.124. The molecule has 0 aliphatic carbocycles. The number of rotatable bonds is 2. The molecule has 0 atom stereocenters. The van der Waals surface area contributed by atoms with Crippen molar-refractivity contribution < 1.29 is 0 Å². The first-order chi connectivity index (χ1) is 9.25. The smallest absolute Gasteiger partial charge is 0.137 e. The molecule has 0 unspecified atom stereocenters. The average Bonchev–Trinajstić information content (AvgIpc) is 2.32. The molecule has 0 spiro atoms. The van der Waals surface area contributed by atoms with E-state index in [0.29, 0.717) is 10.8 Å². The number of aromatic nitrogens is 2. The highest BCUT2D eigenvalue weighted by atomic mass is 79.9. The van der Waals surface area contributed by atoms with Gasteiger partial charge in [0, 0.05) is 16.0 Å². The van der Waals surface area contributed by atoms with Crippen LogP contribution in [0.5, 0.6) is 0 Å². The molecule has 106 valence electrons. The Morgan fingerprint density at radius 3 is 2.45 bits per heavy atom. The van der Waals surface area contributed by atoms with Crippen LogP contribution in [0.1, 0.15) is 26.6 Å². The third-order valence-electron chi connectivity index (χ3n) is 2.56. The Morgan fingerprint density at radius 1 is 1.10 bits per heavy atom. The first-order valence-corrected chi connectivity index (χ1v) is 7.99. The number of nitrogens with one attached hydrogen (secondary N) is 1. The van der Waals surface area contributed by atoms with Gasteiger partial charge in [-0.3, -0.25) is 0 Å². The Labute approximate surface area is 140 Å². The van der Waals surface area contributed by atoms with E-state index in [2.05, 4.69) is 67.9 Å². The number of halogens is 3. The summed E-state index contributed by atoms with van der Waals surface area (Å²) in [6.45, 7) is 6.22. The van der Waals surface area contributed by atoms with Crippen LogP contribution in [0, 0.1) is 0 Å². The van der Waals surface area contributed by atoms with Gasteiger partial charge in [0.1, 0.15) is 16.2 Å². The second-order valence-electron chi connectivity index (χ2n) is 5.40. The standard InChI is InChI=1S/C14H14Br2ClN3/c1-14(2,3)13-19-11(16)7-12(20-13)18-10-6-8(15)4-5-9(10)17/h4-7H,1-3H3,(H,18,19,20). The number of anilines is 2. The van der Waals surface area contributed by atoms with Crippen molar-refractivity contribution in [3.63, 3.8) is 0 Å². The maximum atomic E-state index is 6.18. The molecule has 1 aromatic heterocycles. The maximum absolute atomic E-state index is 6.18. The molecule has 0 amide bonds. The van der Waals surface area contributed by atoms with Gasteiger partial charge in [-0.25, -0.2) is 9.97 Å². The molecule has 0 fully saturated rings. The van der Waals surface area contributed by atoms with Crippen LogP contribution in [0.2, 0.25) is 5.02 Å². The van der Waals surface area contributed by atoms with E-state index in [9.17, 15) is 0 Å². The zero-order valence-electron chi connectivity index (χ0n) is 11.3. The van der Waals surface area contributed by atoms with Gasteiger partial charge >= 0.3 is 0 Å². The van der Waals surface area contributed by atoms with Crippen molar-refractivity contribution in [1.82, 2.24) is 9.97 Å². The molecule has 1 aromatic carbocycles. The van der Waals surface area contributed by atoms with Gasteiger partial charge < -0.3 is 5.32 Å². The lowest BCUT2D eigenvalue weighted by molar-refractivity contribution is 0.544. The fraction of sp³-hybridized carbons (Fsp3) is 0.286. The number of hydrogen-bond acceptors (Lipinski definition) is 3. The van der Waals surface area contributed by atoms with E-state index in [4.69, 9.17) is 11.6 Å². The summed E-state index contributed by atoms with van der Waals surface area (Å²) >= 11 is 13.0. The van der Waals surface area contributed by atoms with Crippen LogP contribution in [0.3, 0.4) is 0 Å². The van der Waals surface area contributed by atoms with Crippen LogP contribution in [0.15, 0.2) is 33.3 Å². The summed E-state index contributed by atoms with van der Waals surface area (Å²) in [5.74, 6) is 1.47. The fourth-order valence-electron chi connectivity index (χ4n) is 1.55. The lowest BCUT2D eigenvalue weighted by atomic mass is 9.96. The predicted molar refractivity (Wildman–Crippen MR) is 90.9 cm³/mol. The van der Waals surface area contributed by atoms with Gasteiger partial charge in [0.15, 0.2) is 0 Å². The molecule has 2 aromatic rings. The lowest BCUT2D eigenvalue weighted by Crippen LogP contribution is -2.16. The Kier molecular flexibility index (Phi) is 4.72. The molecule has 6 heteroatoms. The van der Waals surface area contributed by atoms with Gasteiger partial charge in [-0.1, -0.05) is 48.3 Å². The van der Waals surface area contributed by atoms with Gasteiger partial charge in [0.2, 0.25) is 0 Å². The molecular weight excluding hydrogens is 405 g/mol. The molecule has 0 bridgehead atoms. The van der Waals surface area contributed by atoms with Crippen LogP contribution >= 0.6 is 43.5 Å². The second-order valence-corrected chi connectivity index (χ2v) is 7.53. The zero-order chi connectivity index (χ0) is 14.9. The lowest BCUT2D eigenvalue weighted by Gasteiger charge is -2.18. The van der Waals surface area contributed by atoms with Crippen molar-refractivity contribution in [2.24, 2.45) is 0 Å². The third kappa shape index (κ3) is 3.93. The maximum Gasteiger partial charge on any atom is 0.137 e. The molecular formula is C14H14Br2ClN3. The quantitative estimate of drug-likeness (QED) is 0.635. The first kappa shape index (κ1) is 15.7. The van der Waals surface area contributed by atoms with Crippen molar-refractivity contribution in [2.45, 2.75) is 26.2 Å². The molecule has 1 N–H and O–H groups in total. The molecule has 1 heterocycles. The molecule has 0 aliphatic rings. The molecule has 3 nitrogen and oxygen atoms in total. The average molecular weight is 420 g/mol. The van der Waals surface area contributed by atoms with E-state index >= 15 is 0 Å². The Hall–Kier alpha value is -0.650. The van der Waals surface area contributed by atoms with Crippen LogP contribution in [0.4, 0.5) is 11.5 Å². The van der Waals surface area contributed by atoms with Crippen molar-refractivity contribution in [1.29, 1.82) is 0 Å². The van der Waals surface area contributed by atoms with Crippen molar-refractivity contribution in [3.8, 4) is 0 Å². The van der Waals surface area contributed by atoms with Gasteiger partial charge in [-0.05, 0) is 34.1 Å². The summed E-state index contributed by atoms with van der Waals surface area (Å²) in [7, 11) is 0. The van der Waals surface area contributed by atoms with Crippen LogP contribution in [0.25, 0.3) is 0 Å². The summed E-state index contributed by atoms with van der Waals surface area (Å²) in [5.41, 5.74) is 0.674. The van der Waals surface area contributed by atoms with Crippen LogP contribution < -0.4 is 5.32 Å². The molecule has 0 saturated carbocycles. The van der Waals surface area contributed by atoms with Crippen molar-refractivity contribution in [2.75, 3.05) is 5.32 Å². The summed E-state index contributed by atoms with van der Waals surface area (Å²) in [4.78, 5) is 8.95. The van der Waals surface area contributed by atoms with Crippen LogP contribution in [-0.4, -0.2) is 9.97 Å². The highest BCUT2D eigenvalue weighted by Gasteiger charge is 2.19. The third-order valence-corrected chi connectivity index (χ3v) is 3.79. The Balaban J connectivity index is 2.39. The van der Waals surface area contributed by atoms with E-state index < -0.39 is 0 Å². The molecule has 0 saturated heterocycles. The highest BCUT2D eigenvalue weighted by Crippen LogP contribution is 2.29. The van der Waals surface area contributed by atoms with E-state index in [1.807, 2.05) is 24.3 Å². The Bertz CT molecular complexity index is 639. The van der Waals surface area contributed by atoms with Gasteiger partial charge in [0.25, 0.3) is 0 Å². The van der Waals surface area contributed by atoms with E-state index in [1.54, 1.807) is 0 Å². The minimum absolute atomic E-state index is 0.124. The topological polar surface area (TPSA) is 37.8 Å². The monoisotopic (exact) mass is 417 g/mol. The predicted octanol–water partition coefficient (Wildman–Crippen LogP) is 5.70. The number of hydrogen-bond donors (Lipinski definition) is 1. The molecule has 0 radical (unpaired) electrons.